The van der Waals surface area contributed by atoms with Gasteiger partial charge in [0, 0.05) is 30.2 Å². The lowest BCUT2D eigenvalue weighted by Crippen LogP contribution is -2.57. The summed E-state index contributed by atoms with van der Waals surface area (Å²) in [5.41, 5.74) is 7.46. The molecule has 8 unspecified atom stereocenters. The average Bonchev–Trinajstić information content (AvgIpc) is 3.61. The zero-order valence-corrected chi connectivity index (χ0v) is 32.6. The maximum absolute atomic E-state index is 12.5. The third-order valence-electron chi connectivity index (χ3n) is 17.2. The molecular weight excluding hydrogens is 674 g/mol. The summed E-state index contributed by atoms with van der Waals surface area (Å²) in [4.78, 5) is 45.6. The van der Waals surface area contributed by atoms with Crippen LogP contribution in [0.4, 0.5) is 0 Å². The smallest absolute Gasteiger partial charge is 0.296 e. The number of ketones is 2. The Bertz CT molecular complexity index is 1470. The van der Waals surface area contributed by atoms with Crippen molar-refractivity contribution in [2.45, 2.75) is 143 Å². The maximum Gasteiger partial charge on any atom is 0.296 e. The van der Waals surface area contributed by atoms with Gasteiger partial charge in [0.1, 0.15) is 18.2 Å². The van der Waals surface area contributed by atoms with Gasteiger partial charge >= 0.3 is 0 Å². The monoisotopic (exact) mass is 739 g/mol. The van der Waals surface area contributed by atoms with E-state index in [0.29, 0.717) is 66.7 Å². The zero-order valence-electron chi connectivity index (χ0n) is 32.6. The Morgan fingerprint density at radius 3 is 1.60 bits per heavy atom. The molecule has 11 heteroatoms. The molecule has 8 saturated carbocycles. The molecule has 8 rings (SSSR count). The molecule has 0 radical (unpaired) electrons. The molecule has 11 nitrogen and oxygen atoms in total. The largest absolute Gasteiger partial charge is 0.428 e. The fraction of sp³-hybridized carbons (Fsp3) is 0.881. The van der Waals surface area contributed by atoms with Crippen LogP contribution in [-0.4, -0.2) is 71.8 Å². The Labute approximate surface area is 315 Å². The van der Waals surface area contributed by atoms with Gasteiger partial charge in [0.2, 0.25) is 0 Å². The Balaban J connectivity index is 0.000000164. The standard InChI is InChI=1S/C21H34N2O3.C21H31NO5/c1-20-7-5-13(23-26-10-9-22)11-17(20)18(24)12-14-15-3-4-19(25)21(15,2)8-6-16(14)20;1-20-7-5-13(22-27-12-26-11-23)9-17(20)18(24)10-14-15-3-4-19(25)21(15,2)8-6-16(14)20/h14-18,24H,3-12,22H2,1-2H3;11,14-18,24H,3-10,12H2,1-2H3/t2*14?,15?,16?,17?,18-,20-,21+/m11/s1. The van der Waals surface area contributed by atoms with E-state index < -0.39 is 0 Å². The number of hydrogen-bond acceptors (Lipinski definition) is 11. The van der Waals surface area contributed by atoms with E-state index in [0.717, 1.165) is 114 Å². The summed E-state index contributed by atoms with van der Waals surface area (Å²) in [6.45, 7) is 10.2. The highest BCUT2D eigenvalue weighted by Crippen LogP contribution is 2.67. The number of fused-ring (bicyclic) bond motifs is 10. The second-order valence-corrected chi connectivity index (χ2v) is 19.3. The molecule has 296 valence electrons. The first kappa shape index (κ1) is 38.9. The number of aliphatic hydroxyl groups is 2. The summed E-state index contributed by atoms with van der Waals surface area (Å²) in [7, 11) is 0. The van der Waals surface area contributed by atoms with Gasteiger partial charge in [0.15, 0.2) is 0 Å². The van der Waals surface area contributed by atoms with Crippen LogP contribution in [0.5, 0.6) is 0 Å². The van der Waals surface area contributed by atoms with E-state index >= 15 is 0 Å². The minimum absolute atomic E-state index is 0.0909. The van der Waals surface area contributed by atoms with Crippen LogP contribution in [-0.2, 0) is 28.8 Å². The van der Waals surface area contributed by atoms with Gasteiger partial charge in [-0.15, -0.1) is 0 Å². The fourth-order valence-electron chi connectivity index (χ4n) is 14.3. The van der Waals surface area contributed by atoms with Crippen LogP contribution in [0.15, 0.2) is 10.3 Å². The van der Waals surface area contributed by atoms with Crippen LogP contribution in [0, 0.1) is 69.0 Å². The molecule has 0 aromatic heterocycles. The molecule has 8 aliphatic carbocycles. The van der Waals surface area contributed by atoms with E-state index in [1.807, 2.05) is 0 Å². The van der Waals surface area contributed by atoms with Crippen molar-refractivity contribution in [3.63, 3.8) is 0 Å². The number of oxime groups is 2. The number of rotatable bonds is 7. The molecule has 0 aliphatic heterocycles. The molecule has 53 heavy (non-hydrogen) atoms. The SMILES string of the molecule is C[C@]12CCC(=NOCCN)CC1[C@H](O)CC1C2CC[C@]2(C)C(=O)CCC12.C[C@]12CCC(=NOCOC=O)CC1[C@H](O)CC1C2CC[C@]2(C)C(=O)CCC12. The second-order valence-electron chi connectivity index (χ2n) is 19.3. The summed E-state index contributed by atoms with van der Waals surface area (Å²) in [5.74, 6) is 4.45. The molecule has 4 N–H and O–H groups in total. The highest BCUT2D eigenvalue weighted by atomic mass is 16.7. The van der Waals surface area contributed by atoms with E-state index in [2.05, 4.69) is 42.7 Å². The van der Waals surface area contributed by atoms with Crippen molar-refractivity contribution in [3.05, 3.63) is 0 Å². The van der Waals surface area contributed by atoms with Crippen molar-refractivity contribution in [2.24, 2.45) is 85.0 Å². The first-order chi connectivity index (χ1) is 25.3. The lowest BCUT2D eigenvalue weighted by molar-refractivity contribution is -0.153. The highest BCUT2D eigenvalue weighted by molar-refractivity contribution is 5.88. The van der Waals surface area contributed by atoms with Crippen molar-refractivity contribution < 1.29 is 39.0 Å². The van der Waals surface area contributed by atoms with E-state index in [4.69, 9.17) is 15.4 Å². The summed E-state index contributed by atoms with van der Waals surface area (Å²) in [6.07, 6.45) is 14.2. The molecule has 8 fully saturated rings. The van der Waals surface area contributed by atoms with Crippen LogP contribution in [0.25, 0.3) is 0 Å². The number of ether oxygens (including phenoxy) is 1. The van der Waals surface area contributed by atoms with E-state index in [-0.39, 0.29) is 52.5 Å². The van der Waals surface area contributed by atoms with Crippen LogP contribution < -0.4 is 5.73 Å². The quantitative estimate of drug-likeness (QED) is 0.123. The zero-order chi connectivity index (χ0) is 37.8. The normalized spacial score (nSPS) is 48.6. The van der Waals surface area contributed by atoms with Gasteiger partial charge in [-0.2, -0.15) is 0 Å². The molecule has 0 aromatic carbocycles. The van der Waals surface area contributed by atoms with Crippen molar-refractivity contribution in [2.75, 3.05) is 19.9 Å². The maximum atomic E-state index is 12.5. The van der Waals surface area contributed by atoms with Crippen molar-refractivity contribution >= 4 is 29.5 Å². The molecule has 0 amide bonds. The minimum atomic E-state index is -0.356. The van der Waals surface area contributed by atoms with Gasteiger partial charge in [0.05, 0.1) is 23.6 Å². The fourth-order valence-corrected chi connectivity index (χ4v) is 14.3. The Morgan fingerprint density at radius 2 is 1.15 bits per heavy atom. The first-order valence-electron chi connectivity index (χ1n) is 20.8. The van der Waals surface area contributed by atoms with Crippen LogP contribution >= 0.6 is 0 Å². The molecule has 8 aliphatic rings. The van der Waals surface area contributed by atoms with Gasteiger partial charge in [-0.05, 0) is 148 Å². The topological polar surface area (TPSA) is 170 Å². The second kappa shape index (κ2) is 14.9. The van der Waals surface area contributed by atoms with Gasteiger partial charge in [0.25, 0.3) is 13.3 Å². The Kier molecular flexibility index (Phi) is 11.0. The van der Waals surface area contributed by atoms with E-state index in [1.54, 1.807) is 0 Å². The highest BCUT2D eigenvalue weighted by Gasteiger charge is 2.63. The van der Waals surface area contributed by atoms with Gasteiger partial charge in [-0.1, -0.05) is 38.0 Å². The van der Waals surface area contributed by atoms with E-state index in [1.165, 1.54) is 0 Å². The molecular formula is C42H65N3O8. The third-order valence-corrected chi connectivity index (χ3v) is 17.2. The Hall–Kier alpha value is -2.37. The lowest BCUT2D eigenvalue weighted by atomic mass is 9.44. The predicted octanol–water partition coefficient (Wildman–Crippen LogP) is 5.97. The third kappa shape index (κ3) is 6.60. The first-order valence-corrected chi connectivity index (χ1v) is 20.8. The molecule has 0 bridgehead atoms. The van der Waals surface area contributed by atoms with Crippen LogP contribution in [0.1, 0.15) is 130 Å². The molecule has 0 spiro atoms. The van der Waals surface area contributed by atoms with Gasteiger partial charge in [-0.25, -0.2) is 0 Å². The summed E-state index contributed by atoms with van der Waals surface area (Å²) >= 11 is 0. The van der Waals surface area contributed by atoms with E-state index in [9.17, 15) is 24.6 Å². The molecule has 14 atom stereocenters. The Morgan fingerprint density at radius 1 is 0.679 bits per heavy atom. The van der Waals surface area contributed by atoms with Gasteiger partial charge in [-0.3, -0.25) is 14.4 Å². The molecule has 0 aromatic rings. The number of nitrogens with two attached hydrogens (primary N) is 1. The minimum Gasteiger partial charge on any atom is -0.428 e. The van der Waals surface area contributed by atoms with Crippen LogP contribution in [0.2, 0.25) is 0 Å². The summed E-state index contributed by atoms with van der Waals surface area (Å²) in [5, 5.41) is 30.5. The van der Waals surface area contributed by atoms with Crippen molar-refractivity contribution in [1.29, 1.82) is 0 Å². The predicted molar refractivity (Wildman–Crippen MR) is 199 cm³/mol. The van der Waals surface area contributed by atoms with Gasteiger partial charge < -0.3 is 30.4 Å². The summed E-state index contributed by atoms with van der Waals surface area (Å²) in [6, 6.07) is 0. The summed E-state index contributed by atoms with van der Waals surface area (Å²) < 4.78 is 4.51. The number of hydrogen-bond donors (Lipinski definition) is 3. The number of aliphatic hydroxyl groups excluding tert-OH is 2. The van der Waals surface area contributed by atoms with Crippen molar-refractivity contribution in [1.82, 2.24) is 0 Å². The number of carbonyl (C=O) groups excluding carboxylic acids is 3. The number of nitrogens with zero attached hydrogens (tertiary/aromatic N) is 2. The van der Waals surface area contributed by atoms with Crippen molar-refractivity contribution in [3.8, 4) is 0 Å². The lowest BCUT2D eigenvalue weighted by Gasteiger charge is -2.60. The number of Topliss-reactive ketones (excluding diaryl/α,β-unsaturated/α-hetero) is 2. The van der Waals surface area contributed by atoms with Crippen LogP contribution in [0.3, 0.4) is 0 Å². The average molecular weight is 740 g/mol. The molecule has 0 saturated heterocycles. The molecule has 0 heterocycles. The number of carbonyl (C=O) groups is 3.